The summed E-state index contributed by atoms with van der Waals surface area (Å²) in [5, 5.41) is 0. The van der Waals surface area contributed by atoms with Gasteiger partial charge in [-0.1, -0.05) is 48.3 Å². The maximum Gasteiger partial charge on any atom is 0.338 e. The number of nitrogens with zero attached hydrogens (tertiary/aromatic N) is 2. The number of thiazole rings is 1. The number of allylic oxidation sites excluding steroid dienone is 1. The van der Waals surface area contributed by atoms with Crippen LogP contribution < -0.4 is 24.4 Å². The average Bonchev–Trinajstić information content (AvgIpc) is 3.16. The molecule has 3 aromatic rings. The van der Waals surface area contributed by atoms with Crippen LogP contribution in [0.3, 0.4) is 0 Å². The van der Waals surface area contributed by atoms with Crippen molar-refractivity contribution in [3.05, 3.63) is 103 Å². The molecule has 1 atom stereocenters. The Hall–Kier alpha value is -3.91. The fraction of sp³-hybridized carbons (Fsp3) is 0.250. The first-order valence-corrected chi connectivity index (χ1v) is 12.3. The van der Waals surface area contributed by atoms with Crippen LogP contribution in [0.4, 0.5) is 0 Å². The summed E-state index contributed by atoms with van der Waals surface area (Å²) in [6, 6.07) is 14.1. The lowest BCUT2D eigenvalue weighted by Gasteiger charge is -2.25. The predicted molar refractivity (Wildman–Crippen MR) is 140 cm³/mol. The second-order valence-corrected chi connectivity index (χ2v) is 9.49. The van der Waals surface area contributed by atoms with Crippen molar-refractivity contribution in [1.29, 1.82) is 0 Å². The van der Waals surface area contributed by atoms with E-state index in [1.807, 2.05) is 54.6 Å². The smallest absolute Gasteiger partial charge is 0.338 e. The molecule has 2 aromatic carbocycles. The quantitative estimate of drug-likeness (QED) is 0.345. The van der Waals surface area contributed by atoms with E-state index in [0.717, 1.165) is 16.9 Å². The second kappa shape index (κ2) is 10.8. The van der Waals surface area contributed by atoms with Gasteiger partial charge in [-0.25, -0.2) is 9.79 Å². The Bertz CT molecular complexity index is 1480. The van der Waals surface area contributed by atoms with Crippen molar-refractivity contribution >= 4 is 23.4 Å². The number of rotatable bonds is 8. The Morgan fingerprint density at radius 1 is 1.14 bits per heavy atom. The summed E-state index contributed by atoms with van der Waals surface area (Å²) in [6.45, 7) is 9.42. The molecule has 0 saturated heterocycles. The normalized spacial score (nSPS) is 15.4. The van der Waals surface area contributed by atoms with Crippen LogP contribution in [-0.2, 0) is 9.53 Å². The van der Waals surface area contributed by atoms with Crippen LogP contribution in [0.2, 0.25) is 0 Å². The highest BCUT2D eigenvalue weighted by atomic mass is 32.1. The number of hydrogen-bond acceptors (Lipinski definition) is 7. The molecular weight excluding hydrogens is 476 g/mol. The first-order valence-electron chi connectivity index (χ1n) is 11.5. The van der Waals surface area contributed by atoms with E-state index in [-0.39, 0.29) is 11.7 Å². The highest BCUT2D eigenvalue weighted by Crippen LogP contribution is 2.31. The van der Waals surface area contributed by atoms with Gasteiger partial charge in [0, 0.05) is 0 Å². The van der Waals surface area contributed by atoms with Gasteiger partial charge in [0.15, 0.2) is 4.80 Å². The second-order valence-electron chi connectivity index (χ2n) is 8.48. The van der Waals surface area contributed by atoms with Gasteiger partial charge in [0.2, 0.25) is 0 Å². The molecule has 0 amide bonds. The van der Waals surface area contributed by atoms with Gasteiger partial charge in [-0.05, 0) is 62.2 Å². The lowest BCUT2D eigenvalue weighted by molar-refractivity contribution is -0.143. The summed E-state index contributed by atoms with van der Waals surface area (Å²) in [5.41, 5.74) is 2.25. The zero-order valence-electron chi connectivity index (χ0n) is 20.7. The molecule has 0 saturated carbocycles. The van der Waals surface area contributed by atoms with Crippen molar-refractivity contribution < 1.29 is 19.0 Å². The fourth-order valence-corrected chi connectivity index (χ4v) is 4.98. The maximum absolute atomic E-state index is 13.7. The van der Waals surface area contributed by atoms with Crippen LogP contribution in [0.25, 0.3) is 6.08 Å². The number of methoxy groups -OCH3 is 1. The van der Waals surface area contributed by atoms with Gasteiger partial charge in [0.05, 0.1) is 35.1 Å². The van der Waals surface area contributed by atoms with Gasteiger partial charge in [-0.3, -0.25) is 9.36 Å². The molecule has 0 radical (unpaired) electrons. The zero-order chi connectivity index (χ0) is 25.8. The van der Waals surface area contributed by atoms with E-state index in [2.05, 4.69) is 11.6 Å². The third-order valence-electron chi connectivity index (χ3n) is 5.56. The molecule has 1 aromatic heterocycles. The van der Waals surface area contributed by atoms with E-state index >= 15 is 0 Å². The molecule has 1 aliphatic heterocycles. The Labute approximate surface area is 213 Å². The van der Waals surface area contributed by atoms with Crippen LogP contribution in [0, 0.1) is 0 Å². The Balaban J connectivity index is 1.84. The largest absolute Gasteiger partial charge is 0.497 e. The zero-order valence-corrected chi connectivity index (χ0v) is 21.5. The predicted octanol–water partition coefficient (Wildman–Crippen LogP) is 3.76. The minimum atomic E-state index is -0.671. The topological polar surface area (TPSA) is 79.1 Å². The number of carbonyl (C=O) groups excluding carboxylic acids is 1. The van der Waals surface area contributed by atoms with Gasteiger partial charge in [-0.2, -0.15) is 0 Å². The lowest BCUT2D eigenvalue weighted by Crippen LogP contribution is -2.40. The summed E-state index contributed by atoms with van der Waals surface area (Å²) in [7, 11) is 1.59. The third-order valence-corrected chi connectivity index (χ3v) is 6.54. The lowest BCUT2D eigenvalue weighted by atomic mass is 9.96. The number of benzene rings is 2. The van der Waals surface area contributed by atoms with Crippen molar-refractivity contribution in [3.8, 4) is 11.5 Å². The van der Waals surface area contributed by atoms with Crippen LogP contribution in [0.15, 0.2) is 82.2 Å². The van der Waals surface area contributed by atoms with E-state index in [4.69, 9.17) is 14.2 Å². The average molecular weight is 505 g/mol. The molecule has 0 N–H and O–H groups in total. The molecule has 0 spiro atoms. The number of aromatic nitrogens is 1. The Kier molecular flexibility index (Phi) is 7.55. The summed E-state index contributed by atoms with van der Waals surface area (Å²) in [4.78, 5) is 32.0. The molecule has 0 bridgehead atoms. The first kappa shape index (κ1) is 25.2. The van der Waals surface area contributed by atoms with Gasteiger partial charge >= 0.3 is 5.97 Å². The van der Waals surface area contributed by atoms with Crippen LogP contribution in [0.5, 0.6) is 11.5 Å². The van der Waals surface area contributed by atoms with Crippen LogP contribution in [0.1, 0.15) is 37.9 Å². The van der Waals surface area contributed by atoms with E-state index in [0.29, 0.717) is 33.0 Å². The molecule has 2 heterocycles. The molecule has 8 heteroatoms. The molecule has 186 valence electrons. The SMILES string of the molecule is C=CCOc1ccc(/C=c2/sc3n(c2=O)[C@H](c2ccc(OC)cc2)C(C(=O)OC(C)C)=C(C)N=3)cc1. The molecular formula is C28H28N2O5S. The number of esters is 1. The molecule has 1 aliphatic rings. The minimum absolute atomic E-state index is 0.228. The molecule has 36 heavy (non-hydrogen) atoms. The summed E-state index contributed by atoms with van der Waals surface area (Å²) >= 11 is 1.29. The third kappa shape index (κ3) is 5.18. The molecule has 7 nitrogen and oxygen atoms in total. The standard InChI is InChI=1S/C28H28N2O5S/c1-6-15-34-22-11-7-19(8-12-22)16-23-26(31)30-25(20-9-13-21(33-5)14-10-20)24(27(32)35-17(2)3)18(4)29-28(30)36-23/h6-14,16-17,25H,1,15H2,2-5H3/b23-16+/t25-/m1/s1. The molecule has 0 unspecified atom stereocenters. The van der Waals surface area contributed by atoms with Gasteiger partial charge in [0.25, 0.3) is 5.56 Å². The van der Waals surface area contributed by atoms with Crippen molar-refractivity contribution in [2.45, 2.75) is 32.9 Å². The highest BCUT2D eigenvalue weighted by Gasteiger charge is 2.33. The fourth-order valence-electron chi connectivity index (χ4n) is 3.93. The minimum Gasteiger partial charge on any atom is -0.497 e. The maximum atomic E-state index is 13.7. The van der Waals surface area contributed by atoms with Crippen LogP contribution in [-0.4, -0.2) is 30.4 Å². The summed E-state index contributed by atoms with van der Waals surface area (Å²) in [5.74, 6) is 0.909. The molecule has 0 fully saturated rings. The number of hydrogen-bond donors (Lipinski definition) is 0. The van der Waals surface area contributed by atoms with E-state index in [1.54, 1.807) is 38.5 Å². The summed E-state index contributed by atoms with van der Waals surface area (Å²) in [6.07, 6.45) is 3.19. The van der Waals surface area contributed by atoms with E-state index < -0.39 is 12.0 Å². The van der Waals surface area contributed by atoms with Crippen molar-refractivity contribution in [2.24, 2.45) is 4.99 Å². The summed E-state index contributed by atoms with van der Waals surface area (Å²) < 4.78 is 18.4. The van der Waals surface area contributed by atoms with Crippen LogP contribution >= 0.6 is 11.3 Å². The Morgan fingerprint density at radius 3 is 2.42 bits per heavy atom. The Morgan fingerprint density at radius 2 is 1.81 bits per heavy atom. The van der Waals surface area contributed by atoms with Gasteiger partial charge in [-0.15, -0.1) is 0 Å². The molecule has 0 aliphatic carbocycles. The molecule has 4 rings (SSSR count). The van der Waals surface area contributed by atoms with Crippen molar-refractivity contribution in [2.75, 3.05) is 13.7 Å². The first-order chi connectivity index (χ1) is 17.3. The van der Waals surface area contributed by atoms with Crippen molar-refractivity contribution in [1.82, 2.24) is 4.57 Å². The van der Waals surface area contributed by atoms with E-state index in [1.165, 1.54) is 11.3 Å². The monoisotopic (exact) mass is 504 g/mol. The highest BCUT2D eigenvalue weighted by molar-refractivity contribution is 7.07. The van der Waals surface area contributed by atoms with Crippen molar-refractivity contribution in [3.63, 3.8) is 0 Å². The number of carbonyl (C=O) groups is 1. The van der Waals surface area contributed by atoms with E-state index in [9.17, 15) is 9.59 Å². The number of ether oxygens (including phenoxy) is 3. The van der Waals surface area contributed by atoms with Gasteiger partial charge in [0.1, 0.15) is 18.1 Å². The van der Waals surface area contributed by atoms with Gasteiger partial charge < -0.3 is 14.2 Å². The number of fused-ring (bicyclic) bond motifs is 1.